The molecule has 0 bridgehead atoms. The molecule has 0 radical (unpaired) electrons. The molecule has 0 aromatic heterocycles. The Kier molecular flexibility index (Phi) is 5.17. The van der Waals surface area contributed by atoms with E-state index in [9.17, 15) is 13.2 Å². The van der Waals surface area contributed by atoms with Crippen LogP contribution in [0.2, 0.25) is 5.02 Å². The maximum Gasteiger partial charge on any atom is 0.393 e. The molecule has 1 heterocycles. The molecule has 1 aliphatic rings. The molecule has 3 atom stereocenters. The normalized spacial score (nSPS) is 23.8. The second kappa shape index (κ2) is 6.55. The number of alkyl halides is 3. The van der Waals surface area contributed by atoms with Crippen molar-refractivity contribution in [3.63, 3.8) is 0 Å². The van der Waals surface area contributed by atoms with Crippen LogP contribution in [0, 0.1) is 5.92 Å². The van der Waals surface area contributed by atoms with Crippen LogP contribution in [0.25, 0.3) is 0 Å². The van der Waals surface area contributed by atoms with E-state index in [1.807, 2.05) is 17.9 Å². The third-order valence-electron chi connectivity index (χ3n) is 4.00. The zero-order valence-electron chi connectivity index (χ0n) is 11.9. The first-order chi connectivity index (χ1) is 9.79. The molecule has 2 N–H and O–H groups in total. The predicted octanol–water partition coefficient (Wildman–Crippen LogP) is 4.00. The molecule has 1 aromatic rings. The first-order valence-electron chi connectivity index (χ1n) is 7.11. The van der Waals surface area contributed by atoms with Crippen molar-refractivity contribution in [2.24, 2.45) is 11.7 Å². The lowest BCUT2D eigenvalue weighted by Crippen LogP contribution is -2.47. The fraction of sp³-hybridized carbons (Fsp3) is 0.600. The molecule has 1 aromatic carbocycles. The molecule has 1 aliphatic heterocycles. The Balaban J connectivity index is 2.22. The highest BCUT2D eigenvalue weighted by molar-refractivity contribution is 6.30. The molecule has 0 spiro atoms. The quantitative estimate of drug-likeness (QED) is 0.912. The van der Waals surface area contributed by atoms with Gasteiger partial charge in [-0.2, -0.15) is 13.2 Å². The van der Waals surface area contributed by atoms with Gasteiger partial charge in [-0.1, -0.05) is 23.7 Å². The zero-order chi connectivity index (χ0) is 15.6. The van der Waals surface area contributed by atoms with Gasteiger partial charge in [0.25, 0.3) is 0 Å². The Hall–Kier alpha value is -0.780. The first kappa shape index (κ1) is 16.6. The molecular formula is C15H20ClF3N2. The van der Waals surface area contributed by atoms with Gasteiger partial charge in [-0.05, 0) is 44.0 Å². The highest BCUT2D eigenvalue weighted by Crippen LogP contribution is 2.37. The number of nitrogens with two attached hydrogens (primary N) is 1. The molecule has 2 rings (SSSR count). The van der Waals surface area contributed by atoms with E-state index in [0.717, 1.165) is 5.56 Å². The van der Waals surface area contributed by atoms with Gasteiger partial charge in [-0.15, -0.1) is 0 Å². The van der Waals surface area contributed by atoms with Gasteiger partial charge in [0.15, 0.2) is 0 Å². The number of benzene rings is 1. The average Bonchev–Trinajstić information content (AvgIpc) is 2.38. The average molecular weight is 321 g/mol. The molecule has 2 nitrogen and oxygen atoms in total. The van der Waals surface area contributed by atoms with Crippen LogP contribution in [0.4, 0.5) is 13.2 Å². The number of piperidine rings is 1. The smallest absolute Gasteiger partial charge is 0.326 e. The van der Waals surface area contributed by atoms with E-state index in [0.29, 0.717) is 18.0 Å². The largest absolute Gasteiger partial charge is 0.393 e. The van der Waals surface area contributed by atoms with E-state index in [-0.39, 0.29) is 25.0 Å². The molecule has 118 valence electrons. The summed E-state index contributed by atoms with van der Waals surface area (Å²) in [6, 6.07) is 6.70. The Bertz CT molecular complexity index is 476. The maximum absolute atomic E-state index is 13.0. The second-order valence-electron chi connectivity index (χ2n) is 5.73. The van der Waals surface area contributed by atoms with Gasteiger partial charge in [-0.25, -0.2) is 0 Å². The highest BCUT2D eigenvalue weighted by atomic mass is 35.5. The standard InChI is InChI=1S/C15H20ClF3N2/c1-10(20)14(11-4-2-6-13(16)8-11)21-7-3-5-12(9-21)15(17,18)19/h2,4,6,8,10,12,14H,3,5,7,9,20H2,1H3. The number of hydrogen-bond acceptors (Lipinski definition) is 2. The van der Waals surface area contributed by atoms with Crippen molar-refractivity contribution < 1.29 is 13.2 Å². The maximum atomic E-state index is 13.0. The molecule has 0 amide bonds. The molecule has 1 saturated heterocycles. The number of rotatable bonds is 3. The fourth-order valence-corrected chi connectivity index (χ4v) is 3.26. The van der Waals surface area contributed by atoms with Crippen molar-refractivity contribution in [2.75, 3.05) is 13.1 Å². The van der Waals surface area contributed by atoms with Crippen LogP contribution in [-0.4, -0.2) is 30.2 Å². The summed E-state index contributed by atoms with van der Waals surface area (Å²) < 4.78 is 38.9. The van der Waals surface area contributed by atoms with Crippen LogP contribution in [0.1, 0.15) is 31.4 Å². The Morgan fingerprint density at radius 2 is 2.10 bits per heavy atom. The minimum absolute atomic E-state index is 0.00220. The van der Waals surface area contributed by atoms with Crippen LogP contribution in [-0.2, 0) is 0 Å². The van der Waals surface area contributed by atoms with Crippen molar-refractivity contribution >= 4 is 11.6 Å². The molecule has 21 heavy (non-hydrogen) atoms. The first-order valence-corrected chi connectivity index (χ1v) is 7.48. The van der Waals surface area contributed by atoms with Crippen molar-refractivity contribution in [1.29, 1.82) is 0 Å². The van der Waals surface area contributed by atoms with Gasteiger partial charge in [0.2, 0.25) is 0 Å². The van der Waals surface area contributed by atoms with Gasteiger partial charge in [0.05, 0.1) is 5.92 Å². The van der Waals surface area contributed by atoms with Crippen molar-refractivity contribution in [3.8, 4) is 0 Å². The Morgan fingerprint density at radius 3 is 2.67 bits per heavy atom. The van der Waals surface area contributed by atoms with E-state index in [4.69, 9.17) is 17.3 Å². The van der Waals surface area contributed by atoms with Crippen LogP contribution >= 0.6 is 11.6 Å². The van der Waals surface area contributed by atoms with Gasteiger partial charge < -0.3 is 5.73 Å². The third-order valence-corrected chi connectivity index (χ3v) is 4.23. The summed E-state index contributed by atoms with van der Waals surface area (Å²) in [6.45, 7) is 2.45. The minimum Gasteiger partial charge on any atom is -0.326 e. The summed E-state index contributed by atoms with van der Waals surface area (Å²) in [5, 5.41) is 0.572. The topological polar surface area (TPSA) is 29.3 Å². The van der Waals surface area contributed by atoms with Crippen molar-refractivity contribution in [3.05, 3.63) is 34.9 Å². The van der Waals surface area contributed by atoms with Crippen LogP contribution in [0.15, 0.2) is 24.3 Å². The lowest BCUT2D eigenvalue weighted by Gasteiger charge is -2.40. The van der Waals surface area contributed by atoms with Gasteiger partial charge in [-0.3, -0.25) is 4.90 Å². The zero-order valence-corrected chi connectivity index (χ0v) is 12.7. The summed E-state index contributed by atoms with van der Waals surface area (Å²) in [7, 11) is 0. The summed E-state index contributed by atoms with van der Waals surface area (Å²) >= 11 is 5.99. The molecule has 0 saturated carbocycles. The van der Waals surface area contributed by atoms with Crippen LogP contribution < -0.4 is 5.73 Å². The predicted molar refractivity (Wildman–Crippen MR) is 78.2 cm³/mol. The molecule has 6 heteroatoms. The van der Waals surface area contributed by atoms with E-state index < -0.39 is 12.1 Å². The van der Waals surface area contributed by atoms with Gasteiger partial charge >= 0.3 is 6.18 Å². The minimum atomic E-state index is -4.14. The summed E-state index contributed by atoms with van der Waals surface area (Å²) in [6.07, 6.45) is -3.41. The van der Waals surface area contributed by atoms with E-state index >= 15 is 0 Å². The lowest BCUT2D eigenvalue weighted by molar-refractivity contribution is -0.189. The third kappa shape index (κ3) is 4.11. The van der Waals surface area contributed by atoms with E-state index in [2.05, 4.69) is 0 Å². The second-order valence-corrected chi connectivity index (χ2v) is 6.17. The van der Waals surface area contributed by atoms with E-state index in [1.54, 1.807) is 18.2 Å². The number of likely N-dealkylation sites (tertiary alicyclic amines) is 1. The summed E-state index contributed by atoms with van der Waals surface area (Å²) in [5.74, 6) is -1.27. The monoisotopic (exact) mass is 320 g/mol. The SMILES string of the molecule is CC(N)C(c1cccc(Cl)c1)N1CCCC(C(F)(F)F)C1. The van der Waals surface area contributed by atoms with Gasteiger partial charge in [0.1, 0.15) is 0 Å². The van der Waals surface area contributed by atoms with Gasteiger partial charge in [0, 0.05) is 23.7 Å². The molecule has 1 fully saturated rings. The van der Waals surface area contributed by atoms with Crippen molar-refractivity contribution in [1.82, 2.24) is 4.90 Å². The molecular weight excluding hydrogens is 301 g/mol. The fourth-order valence-electron chi connectivity index (χ4n) is 3.06. The summed E-state index contributed by atoms with van der Waals surface area (Å²) in [4.78, 5) is 1.85. The number of nitrogens with zero attached hydrogens (tertiary/aromatic N) is 1. The lowest BCUT2D eigenvalue weighted by atomic mass is 9.92. The van der Waals surface area contributed by atoms with Crippen molar-refractivity contribution in [2.45, 2.75) is 38.0 Å². The number of halogens is 4. The highest BCUT2D eigenvalue weighted by Gasteiger charge is 2.43. The Labute approximate surface area is 128 Å². The molecule has 3 unspecified atom stereocenters. The van der Waals surface area contributed by atoms with Crippen LogP contribution in [0.3, 0.4) is 0 Å². The summed E-state index contributed by atoms with van der Waals surface area (Å²) in [5.41, 5.74) is 6.91. The van der Waals surface area contributed by atoms with Crippen LogP contribution in [0.5, 0.6) is 0 Å². The van der Waals surface area contributed by atoms with E-state index in [1.165, 1.54) is 0 Å². The molecule has 0 aliphatic carbocycles. The number of hydrogen-bond donors (Lipinski definition) is 1. The Morgan fingerprint density at radius 1 is 1.38 bits per heavy atom.